The standard InChI is InChI=1S/C12H15NO4S/c1-9-7-13(18(2,15)16)8-12(9)17-11-6-4-3-5-10(11)14/h3-6,12,14H,1,7-8H2,2H3/t12-/m0/s1. The Morgan fingerprint density at radius 1 is 1.44 bits per heavy atom. The molecular formula is C12H15NO4S. The second-order valence-electron chi connectivity index (χ2n) is 4.29. The molecule has 0 saturated carbocycles. The molecule has 0 amide bonds. The van der Waals surface area contributed by atoms with Gasteiger partial charge < -0.3 is 9.84 Å². The van der Waals surface area contributed by atoms with E-state index in [-0.39, 0.29) is 18.8 Å². The van der Waals surface area contributed by atoms with Crippen LogP contribution in [0, 0.1) is 0 Å². The second-order valence-corrected chi connectivity index (χ2v) is 6.27. The Kier molecular flexibility index (Phi) is 3.32. The predicted molar refractivity (Wildman–Crippen MR) is 68.1 cm³/mol. The number of ether oxygens (including phenoxy) is 1. The van der Waals surface area contributed by atoms with E-state index in [0.29, 0.717) is 11.3 Å². The lowest BCUT2D eigenvalue weighted by Gasteiger charge is -2.15. The highest BCUT2D eigenvalue weighted by molar-refractivity contribution is 7.88. The van der Waals surface area contributed by atoms with E-state index in [4.69, 9.17) is 4.74 Å². The topological polar surface area (TPSA) is 66.8 Å². The molecule has 0 radical (unpaired) electrons. The number of hydrogen-bond acceptors (Lipinski definition) is 4. The Morgan fingerprint density at radius 2 is 2.11 bits per heavy atom. The third-order valence-corrected chi connectivity index (χ3v) is 4.02. The molecule has 2 rings (SSSR count). The number of hydrogen-bond donors (Lipinski definition) is 1. The maximum Gasteiger partial charge on any atom is 0.211 e. The van der Waals surface area contributed by atoms with E-state index in [9.17, 15) is 13.5 Å². The van der Waals surface area contributed by atoms with Crippen molar-refractivity contribution < 1.29 is 18.3 Å². The minimum absolute atomic E-state index is 0.0307. The molecule has 0 aliphatic carbocycles. The average Bonchev–Trinajstić information content (AvgIpc) is 2.63. The van der Waals surface area contributed by atoms with Crippen LogP contribution in [0.4, 0.5) is 0 Å². The van der Waals surface area contributed by atoms with Gasteiger partial charge in [0.2, 0.25) is 10.0 Å². The Morgan fingerprint density at radius 3 is 2.67 bits per heavy atom. The number of phenolic OH excluding ortho intramolecular Hbond substituents is 1. The minimum Gasteiger partial charge on any atom is -0.504 e. The van der Waals surface area contributed by atoms with Crippen LogP contribution >= 0.6 is 0 Å². The average molecular weight is 269 g/mol. The van der Waals surface area contributed by atoms with Gasteiger partial charge in [-0.3, -0.25) is 0 Å². The van der Waals surface area contributed by atoms with E-state index >= 15 is 0 Å². The molecule has 1 aromatic rings. The normalized spacial score (nSPS) is 21.2. The molecule has 0 bridgehead atoms. The molecule has 1 heterocycles. The van der Waals surface area contributed by atoms with Gasteiger partial charge in [0.15, 0.2) is 11.5 Å². The summed E-state index contributed by atoms with van der Waals surface area (Å²) in [5.41, 5.74) is 0.684. The Bertz CT molecular complexity index is 567. The highest BCUT2D eigenvalue weighted by Gasteiger charge is 2.33. The molecule has 0 aromatic heterocycles. The Labute approximate surface area is 106 Å². The minimum atomic E-state index is -3.24. The molecule has 0 unspecified atom stereocenters. The maximum atomic E-state index is 11.4. The number of rotatable bonds is 3. The highest BCUT2D eigenvalue weighted by atomic mass is 32.2. The van der Waals surface area contributed by atoms with Gasteiger partial charge in [-0.2, -0.15) is 4.31 Å². The van der Waals surface area contributed by atoms with Crippen LogP contribution in [0.5, 0.6) is 11.5 Å². The summed E-state index contributed by atoms with van der Waals surface area (Å²) in [6.45, 7) is 4.30. The monoisotopic (exact) mass is 269 g/mol. The molecule has 1 aromatic carbocycles. The maximum absolute atomic E-state index is 11.4. The van der Waals surface area contributed by atoms with Gasteiger partial charge in [0.1, 0.15) is 6.10 Å². The van der Waals surface area contributed by atoms with Gasteiger partial charge in [0.05, 0.1) is 12.8 Å². The van der Waals surface area contributed by atoms with Crippen molar-refractivity contribution in [2.24, 2.45) is 0 Å². The zero-order valence-corrected chi connectivity index (χ0v) is 10.9. The van der Waals surface area contributed by atoms with Crippen molar-refractivity contribution in [3.8, 4) is 11.5 Å². The fraction of sp³-hybridized carbons (Fsp3) is 0.333. The molecule has 1 atom stereocenters. The predicted octanol–water partition coefficient (Wildman–Crippen LogP) is 0.971. The first-order chi connectivity index (χ1) is 8.38. The highest BCUT2D eigenvalue weighted by Crippen LogP contribution is 2.29. The SMILES string of the molecule is C=C1CN(S(C)(=O)=O)C[C@@H]1Oc1ccccc1O. The van der Waals surface area contributed by atoms with E-state index in [0.717, 1.165) is 6.26 Å². The first-order valence-corrected chi connectivity index (χ1v) is 7.30. The lowest BCUT2D eigenvalue weighted by Crippen LogP contribution is -2.29. The fourth-order valence-corrected chi connectivity index (χ4v) is 2.60. The van der Waals surface area contributed by atoms with Crippen LogP contribution < -0.4 is 4.74 Å². The molecule has 6 heteroatoms. The van der Waals surface area contributed by atoms with Gasteiger partial charge in [-0.05, 0) is 17.7 Å². The lowest BCUT2D eigenvalue weighted by molar-refractivity contribution is 0.232. The van der Waals surface area contributed by atoms with Crippen LogP contribution in [0.3, 0.4) is 0 Å². The van der Waals surface area contributed by atoms with E-state index in [1.807, 2.05) is 0 Å². The number of sulfonamides is 1. The van der Waals surface area contributed by atoms with Crippen LogP contribution in [0.25, 0.3) is 0 Å². The zero-order chi connectivity index (χ0) is 13.3. The third kappa shape index (κ3) is 2.65. The van der Waals surface area contributed by atoms with Crippen LogP contribution in [0.1, 0.15) is 0 Å². The molecule has 0 spiro atoms. The largest absolute Gasteiger partial charge is 0.504 e. The molecule has 1 saturated heterocycles. The van der Waals surface area contributed by atoms with E-state index in [2.05, 4.69) is 6.58 Å². The van der Waals surface area contributed by atoms with Crippen LogP contribution in [0.15, 0.2) is 36.4 Å². The van der Waals surface area contributed by atoms with Crippen molar-refractivity contribution in [1.29, 1.82) is 0 Å². The van der Waals surface area contributed by atoms with Gasteiger partial charge in [-0.1, -0.05) is 18.7 Å². The van der Waals surface area contributed by atoms with Crippen molar-refractivity contribution in [3.63, 3.8) is 0 Å². The first kappa shape index (κ1) is 12.9. The van der Waals surface area contributed by atoms with Gasteiger partial charge in [-0.15, -0.1) is 0 Å². The van der Waals surface area contributed by atoms with Gasteiger partial charge >= 0.3 is 0 Å². The number of phenols is 1. The molecule has 1 aliphatic rings. The van der Waals surface area contributed by atoms with Crippen molar-refractivity contribution in [2.45, 2.75) is 6.10 Å². The fourth-order valence-electron chi connectivity index (χ4n) is 1.79. The molecule has 1 aliphatic heterocycles. The molecule has 18 heavy (non-hydrogen) atoms. The zero-order valence-electron chi connectivity index (χ0n) is 10.0. The molecule has 5 nitrogen and oxygen atoms in total. The Balaban J connectivity index is 2.13. The number of para-hydroxylation sites is 2. The Hall–Kier alpha value is -1.53. The summed E-state index contributed by atoms with van der Waals surface area (Å²) in [5, 5.41) is 9.60. The summed E-state index contributed by atoms with van der Waals surface area (Å²) in [4.78, 5) is 0. The summed E-state index contributed by atoms with van der Waals surface area (Å²) < 4.78 is 29.7. The smallest absolute Gasteiger partial charge is 0.211 e. The van der Waals surface area contributed by atoms with Crippen molar-refractivity contribution >= 4 is 10.0 Å². The summed E-state index contributed by atoms with van der Waals surface area (Å²) in [7, 11) is -3.24. The van der Waals surface area contributed by atoms with Gasteiger partial charge in [0.25, 0.3) is 0 Å². The molecule has 1 fully saturated rings. The molecule has 98 valence electrons. The van der Waals surface area contributed by atoms with E-state index in [1.165, 1.54) is 10.4 Å². The first-order valence-electron chi connectivity index (χ1n) is 5.45. The number of aromatic hydroxyl groups is 1. The third-order valence-electron chi connectivity index (χ3n) is 2.81. The summed E-state index contributed by atoms with van der Waals surface area (Å²) >= 11 is 0. The van der Waals surface area contributed by atoms with Crippen molar-refractivity contribution in [2.75, 3.05) is 19.3 Å². The summed E-state index contributed by atoms with van der Waals surface area (Å²) in [6, 6.07) is 6.57. The van der Waals surface area contributed by atoms with Crippen molar-refractivity contribution in [3.05, 3.63) is 36.4 Å². The van der Waals surface area contributed by atoms with E-state index < -0.39 is 16.1 Å². The van der Waals surface area contributed by atoms with Crippen LogP contribution in [-0.4, -0.2) is 43.3 Å². The number of nitrogens with zero attached hydrogens (tertiary/aromatic N) is 1. The second kappa shape index (κ2) is 4.62. The quantitative estimate of drug-likeness (QED) is 0.830. The van der Waals surface area contributed by atoms with Crippen LogP contribution in [-0.2, 0) is 10.0 Å². The van der Waals surface area contributed by atoms with E-state index in [1.54, 1.807) is 18.2 Å². The summed E-state index contributed by atoms with van der Waals surface area (Å²) in [5.74, 6) is 0.363. The molecular weight excluding hydrogens is 254 g/mol. The van der Waals surface area contributed by atoms with Gasteiger partial charge in [0, 0.05) is 6.54 Å². The van der Waals surface area contributed by atoms with Gasteiger partial charge in [-0.25, -0.2) is 8.42 Å². The number of benzene rings is 1. The van der Waals surface area contributed by atoms with Crippen LogP contribution in [0.2, 0.25) is 0 Å². The summed E-state index contributed by atoms with van der Waals surface area (Å²) in [6.07, 6.45) is 0.732. The van der Waals surface area contributed by atoms with Crippen molar-refractivity contribution in [1.82, 2.24) is 4.31 Å². The molecule has 1 N–H and O–H groups in total. The lowest BCUT2D eigenvalue weighted by atomic mass is 10.2.